The SMILES string of the molecule is O=C(NCC1CCN(c2cccnc2)CC1)C1CCC1. The second-order valence-corrected chi connectivity index (χ2v) is 6.01. The molecule has 0 aromatic carbocycles. The van der Waals surface area contributed by atoms with Crippen LogP contribution in [-0.4, -0.2) is 30.5 Å². The summed E-state index contributed by atoms with van der Waals surface area (Å²) in [5, 5.41) is 3.14. The molecule has 1 aromatic rings. The van der Waals surface area contributed by atoms with Crippen molar-refractivity contribution in [1.29, 1.82) is 0 Å². The smallest absolute Gasteiger partial charge is 0.223 e. The van der Waals surface area contributed by atoms with E-state index in [1.165, 1.54) is 12.1 Å². The van der Waals surface area contributed by atoms with Crippen molar-refractivity contribution in [2.45, 2.75) is 32.1 Å². The molecule has 108 valence electrons. The van der Waals surface area contributed by atoms with Gasteiger partial charge in [-0.25, -0.2) is 0 Å². The first-order valence-electron chi connectivity index (χ1n) is 7.75. The number of piperidine rings is 1. The summed E-state index contributed by atoms with van der Waals surface area (Å²) in [6.07, 6.45) is 9.45. The molecule has 1 aliphatic heterocycles. The number of carbonyl (C=O) groups is 1. The number of nitrogens with one attached hydrogen (secondary N) is 1. The Morgan fingerprint density at radius 3 is 2.70 bits per heavy atom. The average Bonchev–Trinajstić information content (AvgIpc) is 2.45. The van der Waals surface area contributed by atoms with Gasteiger partial charge in [0.1, 0.15) is 0 Å². The van der Waals surface area contributed by atoms with Crippen molar-refractivity contribution in [2.24, 2.45) is 11.8 Å². The molecule has 1 N–H and O–H groups in total. The fourth-order valence-electron chi connectivity index (χ4n) is 3.00. The largest absolute Gasteiger partial charge is 0.370 e. The van der Waals surface area contributed by atoms with Crippen LogP contribution in [0, 0.1) is 11.8 Å². The maximum atomic E-state index is 11.8. The standard InChI is InChI=1S/C16H23N3O/c20-16(14-3-1-4-14)18-11-13-6-9-19(10-7-13)15-5-2-8-17-12-15/h2,5,8,12-14H,1,3-4,6-7,9-11H2,(H,18,20). The van der Waals surface area contributed by atoms with Crippen molar-refractivity contribution >= 4 is 11.6 Å². The number of anilines is 1. The van der Waals surface area contributed by atoms with Crippen LogP contribution in [0.15, 0.2) is 24.5 Å². The normalized spacial score (nSPS) is 20.5. The van der Waals surface area contributed by atoms with E-state index in [2.05, 4.69) is 21.3 Å². The van der Waals surface area contributed by atoms with Crippen LogP contribution in [-0.2, 0) is 4.79 Å². The lowest BCUT2D eigenvalue weighted by Crippen LogP contribution is -2.41. The number of carbonyl (C=O) groups excluding carboxylic acids is 1. The molecular formula is C16H23N3O. The Bertz CT molecular complexity index is 436. The highest BCUT2D eigenvalue weighted by molar-refractivity contribution is 5.79. The van der Waals surface area contributed by atoms with Gasteiger partial charge in [-0.15, -0.1) is 0 Å². The average molecular weight is 273 g/mol. The molecule has 3 rings (SSSR count). The molecule has 2 heterocycles. The molecule has 0 atom stereocenters. The number of aromatic nitrogens is 1. The number of pyridine rings is 1. The number of nitrogens with zero attached hydrogens (tertiary/aromatic N) is 2. The molecule has 1 amide bonds. The van der Waals surface area contributed by atoms with Gasteiger partial charge in [0.05, 0.1) is 11.9 Å². The Labute approximate surface area is 120 Å². The Morgan fingerprint density at radius 2 is 2.10 bits per heavy atom. The Morgan fingerprint density at radius 1 is 1.30 bits per heavy atom. The van der Waals surface area contributed by atoms with Gasteiger partial charge in [-0.2, -0.15) is 0 Å². The minimum atomic E-state index is 0.283. The van der Waals surface area contributed by atoms with Crippen molar-refractivity contribution in [3.8, 4) is 0 Å². The van der Waals surface area contributed by atoms with E-state index in [4.69, 9.17) is 0 Å². The molecule has 2 aliphatic rings. The van der Waals surface area contributed by atoms with Crippen molar-refractivity contribution in [1.82, 2.24) is 10.3 Å². The second kappa shape index (κ2) is 6.25. The monoisotopic (exact) mass is 273 g/mol. The summed E-state index contributed by atoms with van der Waals surface area (Å²) in [4.78, 5) is 18.4. The molecule has 1 saturated carbocycles. The molecule has 2 fully saturated rings. The van der Waals surface area contributed by atoms with E-state index in [1.807, 2.05) is 18.5 Å². The third kappa shape index (κ3) is 3.11. The summed E-state index contributed by atoms with van der Waals surface area (Å²) in [5.74, 6) is 1.23. The molecule has 1 aromatic heterocycles. The van der Waals surface area contributed by atoms with E-state index >= 15 is 0 Å². The highest BCUT2D eigenvalue weighted by atomic mass is 16.1. The van der Waals surface area contributed by atoms with Crippen LogP contribution < -0.4 is 10.2 Å². The molecule has 4 nitrogen and oxygen atoms in total. The van der Waals surface area contributed by atoms with Crippen LogP contribution in [0.25, 0.3) is 0 Å². The Balaban J connectivity index is 1.41. The van der Waals surface area contributed by atoms with Crippen LogP contribution in [0.2, 0.25) is 0 Å². The van der Waals surface area contributed by atoms with E-state index in [9.17, 15) is 4.79 Å². The van der Waals surface area contributed by atoms with E-state index in [1.54, 1.807) is 0 Å². The van der Waals surface area contributed by atoms with Gasteiger partial charge in [0.25, 0.3) is 0 Å². The fraction of sp³-hybridized carbons (Fsp3) is 0.625. The second-order valence-electron chi connectivity index (χ2n) is 6.01. The highest BCUT2D eigenvalue weighted by Crippen LogP contribution is 2.27. The van der Waals surface area contributed by atoms with E-state index < -0.39 is 0 Å². The van der Waals surface area contributed by atoms with Crippen molar-refractivity contribution < 1.29 is 4.79 Å². The summed E-state index contributed by atoms with van der Waals surface area (Å²) in [6.45, 7) is 2.99. The number of hydrogen-bond acceptors (Lipinski definition) is 3. The van der Waals surface area contributed by atoms with Crippen LogP contribution in [0.1, 0.15) is 32.1 Å². The predicted molar refractivity (Wildman–Crippen MR) is 79.5 cm³/mol. The van der Waals surface area contributed by atoms with Gasteiger partial charge in [0.2, 0.25) is 5.91 Å². The predicted octanol–water partition coefficient (Wildman–Crippen LogP) is 2.21. The lowest BCUT2D eigenvalue weighted by atomic mass is 9.84. The van der Waals surface area contributed by atoms with Gasteiger partial charge in [-0.1, -0.05) is 6.42 Å². The van der Waals surface area contributed by atoms with Gasteiger partial charge < -0.3 is 10.2 Å². The Hall–Kier alpha value is -1.58. The molecule has 0 spiro atoms. The van der Waals surface area contributed by atoms with Crippen LogP contribution in [0.5, 0.6) is 0 Å². The lowest BCUT2D eigenvalue weighted by molar-refractivity contribution is -0.127. The molecule has 1 aliphatic carbocycles. The molecule has 1 saturated heterocycles. The van der Waals surface area contributed by atoms with E-state index in [0.717, 1.165) is 45.3 Å². The maximum Gasteiger partial charge on any atom is 0.223 e. The van der Waals surface area contributed by atoms with Crippen LogP contribution in [0.4, 0.5) is 5.69 Å². The number of hydrogen-bond donors (Lipinski definition) is 1. The maximum absolute atomic E-state index is 11.8. The quantitative estimate of drug-likeness (QED) is 0.915. The summed E-state index contributed by atoms with van der Waals surface area (Å²) in [5.41, 5.74) is 1.21. The number of rotatable bonds is 4. The van der Waals surface area contributed by atoms with Gasteiger partial charge in [0.15, 0.2) is 0 Å². The molecule has 4 heteroatoms. The first-order valence-corrected chi connectivity index (χ1v) is 7.75. The first-order chi connectivity index (χ1) is 9.83. The molecule has 0 radical (unpaired) electrons. The van der Waals surface area contributed by atoms with Crippen molar-refractivity contribution in [2.75, 3.05) is 24.5 Å². The zero-order valence-electron chi connectivity index (χ0n) is 11.9. The zero-order valence-corrected chi connectivity index (χ0v) is 11.9. The molecule has 0 bridgehead atoms. The van der Waals surface area contributed by atoms with E-state index in [0.29, 0.717) is 11.8 Å². The van der Waals surface area contributed by atoms with Crippen LogP contribution in [0.3, 0.4) is 0 Å². The third-order valence-electron chi connectivity index (χ3n) is 4.67. The Kier molecular flexibility index (Phi) is 4.19. The lowest BCUT2D eigenvalue weighted by Gasteiger charge is -2.34. The summed E-state index contributed by atoms with van der Waals surface area (Å²) < 4.78 is 0. The van der Waals surface area contributed by atoms with Gasteiger partial charge in [0, 0.05) is 31.7 Å². The topological polar surface area (TPSA) is 45.2 Å². The molecular weight excluding hydrogens is 250 g/mol. The minimum Gasteiger partial charge on any atom is -0.370 e. The third-order valence-corrected chi connectivity index (χ3v) is 4.67. The number of amides is 1. The van der Waals surface area contributed by atoms with Gasteiger partial charge >= 0.3 is 0 Å². The summed E-state index contributed by atoms with van der Waals surface area (Å²) >= 11 is 0. The van der Waals surface area contributed by atoms with Crippen LogP contribution >= 0.6 is 0 Å². The zero-order chi connectivity index (χ0) is 13.8. The minimum absolute atomic E-state index is 0.283. The summed E-state index contributed by atoms with van der Waals surface area (Å²) in [7, 11) is 0. The first kappa shape index (κ1) is 13.4. The van der Waals surface area contributed by atoms with Crippen molar-refractivity contribution in [3.63, 3.8) is 0 Å². The van der Waals surface area contributed by atoms with Gasteiger partial charge in [-0.05, 0) is 43.7 Å². The molecule has 0 unspecified atom stereocenters. The van der Waals surface area contributed by atoms with Crippen molar-refractivity contribution in [3.05, 3.63) is 24.5 Å². The summed E-state index contributed by atoms with van der Waals surface area (Å²) in [6, 6.07) is 4.10. The fourth-order valence-corrected chi connectivity index (χ4v) is 3.00. The van der Waals surface area contributed by atoms with Gasteiger partial charge in [-0.3, -0.25) is 9.78 Å². The highest BCUT2D eigenvalue weighted by Gasteiger charge is 2.26. The molecule has 20 heavy (non-hydrogen) atoms. The van der Waals surface area contributed by atoms with E-state index in [-0.39, 0.29) is 5.91 Å².